The van der Waals surface area contributed by atoms with Gasteiger partial charge in [0.1, 0.15) is 0 Å². The van der Waals surface area contributed by atoms with Gasteiger partial charge in [0.15, 0.2) is 5.96 Å². The molecule has 7 heteroatoms. The Morgan fingerprint density at radius 2 is 1.89 bits per heavy atom. The van der Waals surface area contributed by atoms with E-state index in [0.29, 0.717) is 6.54 Å². The zero-order valence-electron chi connectivity index (χ0n) is 17.5. The summed E-state index contributed by atoms with van der Waals surface area (Å²) in [6, 6.07) is 8.37. The summed E-state index contributed by atoms with van der Waals surface area (Å²) in [7, 11) is 1.92. The maximum Gasteiger partial charge on any atom is 0.242 e. The molecule has 2 N–H and O–H groups in total. The van der Waals surface area contributed by atoms with Gasteiger partial charge < -0.3 is 20.1 Å². The van der Waals surface area contributed by atoms with Crippen molar-refractivity contribution in [1.29, 1.82) is 0 Å². The van der Waals surface area contributed by atoms with Gasteiger partial charge in [0, 0.05) is 50.3 Å². The van der Waals surface area contributed by atoms with E-state index in [2.05, 4.69) is 34.7 Å². The molecule has 0 fully saturated rings. The van der Waals surface area contributed by atoms with Crippen LogP contribution in [0.1, 0.15) is 32.8 Å². The Morgan fingerprint density at radius 3 is 2.57 bits per heavy atom. The minimum absolute atomic E-state index is 0. The van der Waals surface area contributed by atoms with Gasteiger partial charge in [-0.25, -0.2) is 0 Å². The third kappa shape index (κ3) is 6.68. The van der Waals surface area contributed by atoms with Crippen molar-refractivity contribution in [1.82, 2.24) is 20.1 Å². The number of hydrogen-bond donors (Lipinski definition) is 2. The van der Waals surface area contributed by atoms with E-state index in [1.54, 1.807) is 0 Å². The van der Waals surface area contributed by atoms with Crippen molar-refractivity contribution in [3.63, 3.8) is 0 Å². The predicted molar refractivity (Wildman–Crippen MR) is 129 cm³/mol. The predicted octanol–water partition coefficient (Wildman–Crippen LogP) is 3.48. The molecule has 0 aliphatic carbocycles. The second-order valence-electron chi connectivity index (χ2n) is 6.62. The number of para-hydroxylation sites is 1. The number of H-pyrrole nitrogens is 1. The second kappa shape index (κ2) is 12.6. The maximum atomic E-state index is 12.3. The molecule has 156 valence electrons. The number of nitrogens with zero attached hydrogens (tertiary/aromatic N) is 3. The molecule has 6 nitrogen and oxygen atoms in total. The summed E-state index contributed by atoms with van der Waals surface area (Å²) in [5.74, 6) is 0.920. The van der Waals surface area contributed by atoms with Crippen LogP contribution in [0.5, 0.6) is 0 Å². The number of aromatic amines is 1. The van der Waals surface area contributed by atoms with E-state index in [0.717, 1.165) is 45.0 Å². The molecule has 0 aliphatic heterocycles. The largest absolute Gasteiger partial charge is 0.361 e. The summed E-state index contributed by atoms with van der Waals surface area (Å²) < 4.78 is 0. The molecule has 0 saturated heterocycles. The molecule has 1 heterocycles. The summed E-state index contributed by atoms with van der Waals surface area (Å²) in [5, 5.41) is 4.57. The van der Waals surface area contributed by atoms with Crippen LogP contribution in [-0.2, 0) is 11.2 Å². The Bertz CT molecular complexity index is 754. The van der Waals surface area contributed by atoms with Crippen molar-refractivity contribution in [3.05, 3.63) is 36.0 Å². The monoisotopic (exact) mass is 499 g/mol. The number of fused-ring (bicyclic) bond motifs is 1. The minimum atomic E-state index is 0. The number of amides is 1. The van der Waals surface area contributed by atoms with Gasteiger partial charge in [0.25, 0.3) is 0 Å². The fourth-order valence-electron chi connectivity index (χ4n) is 3.22. The van der Waals surface area contributed by atoms with Crippen molar-refractivity contribution in [2.24, 2.45) is 4.99 Å². The lowest BCUT2D eigenvalue weighted by Gasteiger charge is -2.25. The van der Waals surface area contributed by atoms with E-state index >= 15 is 0 Å². The van der Waals surface area contributed by atoms with Crippen LogP contribution in [0.2, 0.25) is 0 Å². The van der Waals surface area contributed by atoms with Gasteiger partial charge in [0.05, 0.1) is 6.54 Å². The maximum absolute atomic E-state index is 12.3. The van der Waals surface area contributed by atoms with Crippen LogP contribution < -0.4 is 5.32 Å². The van der Waals surface area contributed by atoms with Gasteiger partial charge in [-0.15, -0.1) is 24.0 Å². The lowest BCUT2D eigenvalue weighted by molar-refractivity contribution is -0.131. The van der Waals surface area contributed by atoms with Crippen LogP contribution in [0.15, 0.2) is 35.5 Å². The summed E-state index contributed by atoms with van der Waals surface area (Å²) in [4.78, 5) is 24.1. The van der Waals surface area contributed by atoms with Crippen LogP contribution in [0.3, 0.4) is 0 Å². The molecule has 0 bridgehead atoms. The van der Waals surface area contributed by atoms with Gasteiger partial charge in [-0.1, -0.05) is 18.2 Å². The Labute approximate surface area is 185 Å². The van der Waals surface area contributed by atoms with E-state index in [1.165, 1.54) is 16.5 Å². The molecule has 2 aromatic rings. The molecule has 0 atom stereocenters. The SMILES string of the molecule is CCNC(=NCCCc1c[nH]c2ccccc12)N(C)CC(=O)N(CC)CC.I. The van der Waals surface area contributed by atoms with E-state index in [1.807, 2.05) is 43.7 Å². The van der Waals surface area contributed by atoms with E-state index in [9.17, 15) is 4.79 Å². The van der Waals surface area contributed by atoms with Gasteiger partial charge in [-0.2, -0.15) is 0 Å². The molecule has 2 rings (SSSR count). The number of benzene rings is 1. The van der Waals surface area contributed by atoms with Crippen LogP contribution in [0.25, 0.3) is 10.9 Å². The van der Waals surface area contributed by atoms with Crippen LogP contribution >= 0.6 is 24.0 Å². The van der Waals surface area contributed by atoms with Crippen LogP contribution in [0.4, 0.5) is 0 Å². The van der Waals surface area contributed by atoms with Crippen molar-refractivity contribution < 1.29 is 4.79 Å². The molecule has 0 saturated carbocycles. The molecule has 0 radical (unpaired) electrons. The number of likely N-dealkylation sites (N-methyl/N-ethyl adjacent to an activating group) is 2. The number of hydrogen-bond acceptors (Lipinski definition) is 2. The number of halogens is 1. The van der Waals surface area contributed by atoms with Crippen molar-refractivity contribution in [3.8, 4) is 0 Å². The number of aromatic nitrogens is 1. The number of aliphatic imine (C=N–C) groups is 1. The smallest absolute Gasteiger partial charge is 0.242 e. The van der Waals surface area contributed by atoms with Crippen molar-refractivity contribution in [2.75, 3.05) is 39.8 Å². The Morgan fingerprint density at radius 1 is 1.18 bits per heavy atom. The molecular formula is C21H34IN5O. The Kier molecular flexibility index (Phi) is 11.0. The first-order chi connectivity index (χ1) is 13.1. The molecule has 1 amide bonds. The van der Waals surface area contributed by atoms with Crippen LogP contribution in [-0.4, -0.2) is 66.4 Å². The van der Waals surface area contributed by atoms with E-state index in [-0.39, 0.29) is 29.9 Å². The van der Waals surface area contributed by atoms with E-state index in [4.69, 9.17) is 4.99 Å². The number of rotatable bonds is 9. The average Bonchev–Trinajstić information content (AvgIpc) is 3.08. The first kappa shape index (κ1) is 24.3. The summed E-state index contributed by atoms with van der Waals surface area (Å²) in [6.45, 7) is 9.38. The Balaban J connectivity index is 0.00000392. The normalized spacial score (nSPS) is 11.2. The summed E-state index contributed by atoms with van der Waals surface area (Å²) in [5.41, 5.74) is 2.51. The van der Waals surface area contributed by atoms with E-state index < -0.39 is 0 Å². The molecular weight excluding hydrogens is 465 g/mol. The lowest BCUT2D eigenvalue weighted by atomic mass is 10.1. The third-order valence-corrected chi connectivity index (χ3v) is 4.73. The van der Waals surface area contributed by atoms with Gasteiger partial charge in [0.2, 0.25) is 5.91 Å². The topological polar surface area (TPSA) is 63.7 Å². The van der Waals surface area contributed by atoms with Crippen molar-refractivity contribution >= 4 is 46.7 Å². The number of carbonyl (C=O) groups excluding carboxylic acids is 1. The van der Waals surface area contributed by atoms with Crippen molar-refractivity contribution in [2.45, 2.75) is 33.6 Å². The quantitative estimate of drug-likeness (QED) is 0.240. The zero-order valence-corrected chi connectivity index (χ0v) is 19.8. The molecule has 28 heavy (non-hydrogen) atoms. The third-order valence-electron chi connectivity index (χ3n) is 4.73. The standard InChI is InChI=1S/C21H33N5O.HI/c1-5-22-21(25(4)16-20(27)26(6-2)7-3)23-14-10-11-17-15-24-19-13-9-8-12-18(17)19;/h8-9,12-13,15,24H,5-7,10-11,14,16H2,1-4H3,(H,22,23);1H. The van der Waals surface area contributed by atoms with Gasteiger partial charge in [-0.3, -0.25) is 9.79 Å². The number of carbonyl (C=O) groups is 1. The highest BCUT2D eigenvalue weighted by atomic mass is 127. The minimum Gasteiger partial charge on any atom is -0.361 e. The molecule has 0 aliphatic rings. The molecule has 1 aromatic carbocycles. The Hall–Kier alpha value is -1.77. The average molecular weight is 499 g/mol. The number of nitrogens with one attached hydrogen (secondary N) is 2. The van der Waals surface area contributed by atoms with Gasteiger partial charge in [-0.05, 0) is 45.2 Å². The summed E-state index contributed by atoms with van der Waals surface area (Å²) >= 11 is 0. The van der Waals surface area contributed by atoms with Crippen LogP contribution in [0, 0.1) is 0 Å². The fourth-order valence-corrected chi connectivity index (χ4v) is 3.22. The number of aryl methyl sites for hydroxylation is 1. The highest BCUT2D eigenvalue weighted by Crippen LogP contribution is 2.18. The molecule has 0 unspecified atom stereocenters. The summed E-state index contributed by atoms with van der Waals surface area (Å²) in [6.07, 6.45) is 4.04. The highest BCUT2D eigenvalue weighted by Gasteiger charge is 2.14. The molecule has 0 spiro atoms. The second-order valence-corrected chi connectivity index (χ2v) is 6.62. The fraction of sp³-hybridized carbons (Fsp3) is 0.524. The first-order valence-corrected chi connectivity index (χ1v) is 9.92. The highest BCUT2D eigenvalue weighted by molar-refractivity contribution is 14.0. The zero-order chi connectivity index (χ0) is 19.6. The number of guanidine groups is 1. The molecule has 1 aromatic heterocycles. The van der Waals surface area contributed by atoms with Gasteiger partial charge >= 0.3 is 0 Å². The lowest BCUT2D eigenvalue weighted by Crippen LogP contribution is -2.45. The first-order valence-electron chi connectivity index (χ1n) is 9.92.